The van der Waals surface area contributed by atoms with Gasteiger partial charge in [0.15, 0.2) is 3.01 Å². The zero-order valence-corrected chi connectivity index (χ0v) is 11.5. The van der Waals surface area contributed by atoms with Crippen LogP contribution in [0.15, 0.2) is 24.3 Å². The van der Waals surface area contributed by atoms with E-state index in [-0.39, 0.29) is 0 Å². The first-order valence-corrected chi connectivity index (χ1v) is 6.48. The van der Waals surface area contributed by atoms with Crippen LogP contribution < -0.4 is 0 Å². The first-order valence-electron chi connectivity index (χ1n) is 3.51. The summed E-state index contributed by atoms with van der Waals surface area (Å²) in [6.07, 6.45) is 0. The summed E-state index contributed by atoms with van der Waals surface area (Å²) in [6.45, 7) is 0. The Hall–Kier alpha value is 0.240. The Morgan fingerprint density at radius 1 is 1.08 bits per heavy atom. The molecule has 5 heteroatoms. The van der Waals surface area contributed by atoms with Crippen LogP contribution in [0.1, 0.15) is 0 Å². The minimum Gasteiger partial charge on any atom is -0.137 e. The van der Waals surface area contributed by atoms with Crippen LogP contribution in [-0.4, -0.2) is 10.2 Å². The van der Waals surface area contributed by atoms with Gasteiger partial charge in [0.2, 0.25) is 0 Å². The molecule has 2 rings (SSSR count). The van der Waals surface area contributed by atoms with E-state index in [0.29, 0.717) is 0 Å². The molecule has 2 nitrogen and oxygen atoms in total. The highest BCUT2D eigenvalue weighted by Gasteiger charge is 2.06. The normalized spacial score (nSPS) is 10.3. The Kier molecular flexibility index (Phi) is 3.14. The van der Waals surface area contributed by atoms with E-state index in [0.717, 1.165) is 8.02 Å². The second kappa shape index (κ2) is 4.18. The predicted molar refractivity (Wildman–Crippen MR) is 70.8 cm³/mol. The molecule has 0 saturated carbocycles. The number of hydrogen-bond acceptors (Lipinski definition) is 3. The summed E-state index contributed by atoms with van der Waals surface area (Å²) < 4.78 is 2.19. The van der Waals surface area contributed by atoms with Gasteiger partial charge in [-0.25, -0.2) is 0 Å². The summed E-state index contributed by atoms with van der Waals surface area (Å²) >= 11 is 6.11. The maximum atomic E-state index is 4.10. The average Bonchev–Trinajstić information content (AvgIpc) is 2.53. The van der Waals surface area contributed by atoms with Gasteiger partial charge in [0.25, 0.3) is 0 Å². The van der Waals surface area contributed by atoms with Crippen molar-refractivity contribution in [1.29, 1.82) is 0 Å². The van der Waals surface area contributed by atoms with E-state index in [1.54, 1.807) is 11.3 Å². The van der Waals surface area contributed by atoms with E-state index in [2.05, 4.69) is 67.5 Å². The Bertz CT molecular complexity index is 428. The van der Waals surface area contributed by atoms with Gasteiger partial charge in [-0.1, -0.05) is 29.5 Å². The molecule has 2 aromatic rings. The Balaban J connectivity index is 2.52. The predicted octanol–water partition coefficient (Wildman–Crippen LogP) is 3.41. The third-order valence-electron chi connectivity index (χ3n) is 1.50. The fourth-order valence-corrected chi connectivity index (χ4v) is 3.12. The number of nitrogens with zero attached hydrogens (tertiary/aromatic N) is 2. The van der Waals surface area contributed by atoms with E-state index in [4.69, 9.17) is 0 Å². The van der Waals surface area contributed by atoms with Gasteiger partial charge in [0.1, 0.15) is 5.01 Å². The summed E-state index contributed by atoms with van der Waals surface area (Å²) in [5, 5.41) is 9.08. The lowest BCUT2D eigenvalue weighted by Gasteiger charge is -1.96. The van der Waals surface area contributed by atoms with E-state index in [9.17, 15) is 0 Å². The minimum atomic E-state index is 0.979. The largest absolute Gasteiger partial charge is 0.178 e. The highest BCUT2D eigenvalue weighted by Crippen LogP contribution is 2.27. The lowest BCUT2D eigenvalue weighted by Crippen LogP contribution is -1.80. The van der Waals surface area contributed by atoms with Gasteiger partial charge in [-0.15, -0.1) is 10.2 Å². The summed E-state index contributed by atoms with van der Waals surface area (Å²) in [7, 11) is 0. The maximum absolute atomic E-state index is 4.10. The monoisotopic (exact) mass is 414 g/mol. The van der Waals surface area contributed by atoms with Crippen LogP contribution >= 0.6 is 56.5 Å². The molecule has 0 aliphatic heterocycles. The van der Waals surface area contributed by atoms with Crippen molar-refractivity contribution in [2.75, 3.05) is 0 Å². The molecular weight excluding hydrogens is 410 g/mol. The van der Waals surface area contributed by atoms with Gasteiger partial charge in [0.05, 0.1) is 0 Å². The van der Waals surface area contributed by atoms with Crippen LogP contribution in [-0.2, 0) is 0 Å². The van der Waals surface area contributed by atoms with E-state index >= 15 is 0 Å². The molecule has 66 valence electrons. The van der Waals surface area contributed by atoms with E-state index in [1.165, 1.54) is 9.13 Å². The average molecular weight is 414 g/mol. The lowest BCUT2D eigenvalue weighted by molar-refractivity contribution is 1.07. The van der Waals surface area contributed by atoms with Crippen molar-refractivity contribution in [2.24, 2.45) is 0 Å². The summed E-state index contributed by atoms with van der Waals surface area (Å²) in [6, 6.07) is 8.19. The molecule has 1 aromatic carbocycles. The van der Waals surface area contributed by atoms with Crippen LogP contribution in [0.2, 0.25) is 0 Å². The topological polar surface area (TPSA) is 25.8 Å². The molecule has 0 spiro atoms. The lowest BCUT2D eigenvalue weighted by atomic mass is 10.2. The molecule has 0 radical (unpaired) electrons. The van der Waals surface area contributed by atoms with Crippen LogP contribution in [0.3, 0.4) is 0 Å². The van der Waals surface area contributed by atoms with Gasteiger partial charge >= 0.3 is 0 Å². The standard InChI is InChI=1S/C8H4I2N2S/c9-6-4-2-1-3-5(6)7-11-12-8(10)13-7/h1-4H. The van der Waals surface area contributed by atoms with Crippen LogP contribution in [0.5, 0.6) is 0 Å². The van der Waals surface area contributed by atoms with Crippen molar-refractivity contribution in [3.63, 3.8) is 0 Å². The molecule has 1 aromatic heterocycles. The fraction of sp³-hybridized carbons (Fsp3) is 0. The molecule has 0 unspecified atom stereocenters. The van der Waals surface area contributed by atoms with E-state index < -0.39 is 0 Å². The molecule has 0 N–H and O–H groups in total. The van der Waals surface area contributed by atoms with Crippen molar-refractivity contribution in [2.45, 2.75) is 0 Å². The number of benzene rings is 1. The molecule has 0 fully saturated rings. The summed E-state index contributed by atoms with van der Waals surface area (Å²) in [5.74, 6) is 0. The fourth-order valence-electron chi connectivity index (χ4n) is 0.949. The summed E-state index contributed by atoms with van der Waals surface area (Å²) in [4.78, 5) is 0. The molecule has 13 heavy (non-hydrogen) atoms. The van der Waals surface area contributed by atoms with Crippen LogP contribution in [0, 0.1) is 6.58 Å². The van der Waals surface area contributed by atoms with Crippen molar-refractivity contribution < 1.29 is 0 Å². The van der Waals surface area contributed by atoms with Crippen molar-refractivity contribution in [3.05, 3.63) is 30.9 Å². The molecular formula is C8H4I2N2S. The molecule has 0 saturated heterocycles. The number of rotatable bonds is 1. The highest BCUT2D eigenvalue weighted by molar-refractivity contribution is 14.1. The Labute approximate surface area is 107 Å². The molecule has 0 atom stereocenters. The number of aromatic nitrogens is 2. The first kappa shape index (κ1) is 9.78. The minimum absolute atomic E-state index is 0.979. The Morgan fingerprint density at radius 3 is 2.46 bits per heavy atom. The summed E-state index contributed by atoms with van der Waals surface area (Å²) in [5.41, 5.74) is 1.17. The Morgan fingerprint density at radius 2 is 1.85 bits per heavy atom. The number of hydrogen-bond donors (Lipinski definition) is 0. The van der Waals surface area contributed by atoms with Gasteiger partial charge in [-0.05, 0) is 51.2 Å². The SMILES string of the molecule is Ic1nnc(-c2ccccc2I)s1. The molecule has 0 aliphatic rings. The van der Waals surface area contributed by atoms with Gasteiger partial charge < -0.3 is 0 Å². The third kappa shape index (κ3) is 2.18. The van der Waals surface area contributed by atoms with Crippen molar-refractivity contribution in [1.82, 2.24) is 10.2 Å². The smallest absolute Gasteiger partial charge is 0.137 e. The second-order valence-corrected chi connectivity index (χ2v) is 6.23. The van der Waals surface area contributed by atoms with Crippen LogP contribution in [0.25, 0.3) is 10.6 Å². The van der Waals surface area contributed by atoms with E-state index in [1.807, 2.05) is 12.1 Å². The van der Waals surface area contributed by atoms with Gasteiger partial charge in [0, 0.05) is 9.13 Å². The zero-order valence-electron chi connectivity index (χ0n) is 6.37. The quantitative estimate of drug-likeness (QED) is 0.669. The highest BCUT2D eigenvalue weighted by atomic mass is 127. The van der Waals surface area contributed by atoms with Crippen molar-refractivity contribution in [3.8, 4) is 10.6 Å². The molecule has 0 amide bonds. The number of halogens is 2. The van der Waals surface area contributed by atoms with Crippen LogP contribution in [0.4, 0.5) is 0 Å². The zero-order chi connectivity index (χ0) is 9.26. The maximum Gasteiger partial charge on any atom is 0.178 e. The molecule has 0 aliphatic carbocycles. The third-order valence-corrected chi connectivity index (χ3v) is 4.07. The first-order chi connectivity index (χ1) is 6.27. The molecule has 0 bridgehead atoms. The van der Waals surface area contributed by atoms with Gasteiger partial charge in [-0.2, -0.15) is 0 Å². The van der Waals surface area contributed by atoms with Gasteiger partial charge in [-0.3, -0.25) is 0 Å². The molecule has 1 heterocycles. The van der Waals surface area contributed by atoms with Crippen molar-refractivity contribution >= 4 is 56.5 Å². The second-order valence-electron chi connectivity index (χ2n) is 2.34.